The van der Waals surface area contributed by atoms with E-state index in [1.165, 1.54) is 57.8 Å². The van der Waals surface area contributed by atoms with Gasteiger partial charge in [-0.3, -0.25) is 0 Å². The molecule has 0 bridgehead atoms. The smallest absolute Gasteiger partial charge is 0.271 e. The van der Waals surface area contributed by atoms with Gasteiger partial charge in [-0.2, -0.15) is 0 Å². The first-order valence-corrected chi connectivity index (χ1v) is 11.8. The van der Waals surface area contributed by atoms with Crippen molar-refractivity contribution in [2.75, 3.05) is 39.6 Å². The van der Waals surface area contributed by atoms with E-state index in [9.17, 15) is 0 Å². The molecular weight excluding hydrogens is 356 g/mol. The molecule has 0 N–H and O–H groups in total. The van der Waals surface area contributed by atoms with Crippen LogP contribution in [0.3, 0.4) is 0 Å². The zero-order chi connectivity index (χ0) is 20.3. The molecule has 1 saturated heterocycles. The third-order valence-electron chi connectivity index (χ3n) is 5.21. The molecule has 1 rings (SSSR count). The number of rotatable bonds is 22. The summed E-state index contributed by atoms with van der Waals surface area (Å²) in [5.41, 5.74) is 0. The first kappa shape index (κ1) is 25.8. The number of hydrogen-bond acceptors (Lipinski definition) is 5. The molecule has 28 heavy (non-hydrogen) atoms. The van der Waals surface area contributed by atoms with Crippen LogP contribution in [0.1, 0.15) is 91.4 Å². The van der Waals surface area contributed by atoms with E-state index in [4.69, 9.17) is 23.7 Å². The maximum absolute atomic E-state index is 5.80. The Labute approximate surface area is 173 Å². The van der Waals surface area contributed by atoms with E-state index >= 15 is 0 Å². The molecule has 2 unspecified atom stereocenters. The average Bonchev–Trinajstić information content (AvgIpc) is 3.51. The highest BCUT2D eigenvalue weighted by atomic mass is 16.8. The van der Waals surface area contributed by atoms with Crippen LogP contribution in [0.4, 0.5) is 0 Å². The van der Waals surface area contributed by atoms with Gasteiger partial charge in [0.15, 0.2) is 0 Å². The fourth-order valence-electron chi connectivity index (χ4n) is 3.42. The van der Waals surface area contributed by atoms with E-state index in [0.29, 0.717) is 31.8 Å². The Morgan fingerprint density at radius 3 is 2.04 bits per heavy atom. The van der Waals surface area contributed by atoms with Gasteiger partial charge in [-0.15, -0.1) is 0 Å². The molecule has 0 aliphatic carbocycles. The third kappa shape index (κ3) is 15.7. The van der Waals surface area contributed by atoms with Crippen LogP contribution in [0.25, 0.3) is 0 Å². The maximum atomic E-state index is 5.80. The third-order valence-corrected chi connectivity index (χ3v) is 5.21. The van der Waals surface area contributed by atoms with Gasteiger partial charge >= 0.3 is 0 Å². The molecule has 168 valence electrons. The van der Waals surface area contributed by atoms with Crippen molar-refractivity contribution >= 4 is 0 Å². The lowest BCUT2D eigenvalue weighted by Crippen LogP contribution is -2.22. The molecule has 1 aliphatic rings. The van der Waals surface area contributed by atoms with Gasteiger partial charge in [0.2, 0.25) is 0 Å². The van der Waals surface area contributed by atoms with Crippen LogP contribution in [-0.2, 0) is 23.7 Å². The van der Waals surface area contributed by atoms with Crippen molar-refractivity contribution < 1.29 is 23.7 Å². The van der Waals surface area contributed by atoms with E-state index in [1.54, 1.807) is 0 Å². The summed E-state index contributed by atoms with van der Waals surface area (Å²) >= 11 is 0. The van der Waals surface area contributed by atoms with Gasteiger partial charge in [0.05, 0.1) is 19.8 Å². The summed E-state index contributed by atoms with van der Waals surface area (Å²) in [5.74, 6) is 0.695. The van der Waals surface area contributed by atoms with E-state index in [-0.39, 0.29) is 0 Å². The van der Waals surface area contributed by atoms with Crippen molar-refractivity contribution in [3.63, 3.8) is 0 Å². The van der Waals surface area contributed by atoms with Gasteiger partial charge in [-0.1, -0.05) is 58.3 Å². The van der Waals surface area contributed by atoms with Crippen LogP contribution in [0.5, 0.6) is 0 Å². The van der Waals surface area contributed by atoms with Crippen molar-refractivity contribution in [1.29, 1.82) is 0 Å². The van der Waals surface area contributed by atoms with E-state index in [2.05, 4.69) is 6.92 Å². The number of epoxide rings is 1. The van der Waals surface area contributed by atoms with Gasteiger partial charge in [0.25, 0.3) is 6.48 Å². The Balaban J connectivity index is 2.17. The summed E-state index contributed by atoms with van der Waals surface area (Å²) in [6.45, 7) is 10.1. The largest absolute Gasteiger partial charge is 0.379 e. The molecule has 2 atom stereocenters. The second-order valence-electron chi connectivity index (χ2n) is 7.81. The lowest BCUT2D eigenvalue weighted by atomic mass is 9.93. The van der Waals surface area contributed by atoms with E-state index in [0.717, 1.165) is 32.7 Å². The van der Waals surface area contributed by atoms with Gasteiger partial charge in [-0.25, -0.2) is 0 Å². The lowest BCUT2D eigenvalue weighted by Gasteiger charge is -2.20. The van der Waals surface area contributed by atoms with Gasteiger partial charge in [-0.05, 0) is 39.0 Å². The monoisotopic (exact) mass is 402 g/mol. The predicted octanol–water partition coefficient (Wildman–Crippen LogP) is 5.70. The SMILES string of the molecule is CCCCCCCCCC(CCCOCC1CO1)CCOC(OCC)OCC. The van der Waals surface area contributed by atoms with Crippen LogP contribution in [0.2, 0.25) is 0 Å². The summed E-state index contributed by atoms with van der Waals surface area (Å²) in [7, 11) is 0. The number of unbranched alkanes of at least 4 members (excludes halogenated alkanes) is 6. The Kier molecular flexibility index (Phi) is 17.4. The number of hydrogen-bond donors (Lipinski definition) is 0. The van der Waals surface area contributed by atoms with Gasteiger partial charge in [0, 0.05) is 19.8 Å². The van der Waals surface area contributed by atoms with Gasteiger partial charge < -0.3 is 23.7 Å². The summed E-state index contributed by atoms with van der Waals surface area (Å²) in [6, 6.07) is 0. The van der Waals surface area contributed by atoms with E-state index < -0.39 is 6.48 Å². The fraction of sp³-hybridized carbons (Fsp3) is 1.00. The van der Waals surface area contributed by atoms with Crippen LogP contribution >= 0.6 is 0 Å². The zero-order valence-electron chi connectivity index (χ0n) is 18.8. The van der Waals surface area contributed by atoms with Crippen LogP contribution in [0.15, 0.2) is 0 Å². The van der Waals surface area contributed by atoms with Gasteiger partial charge in [0.1, 0.15) is 6.10 Å². The minimum Gasteiger partial charge on any atom is -0.379 e. The lowest BCUT2D eigenvalue weighted by molar-refractivity contribution is -0.285. The van der Waals surface area contributed by atoms with Crippen LogP contribution < -0.4 is 0 Å². The topological polar surface area (TPSA) is 49.5 Å². The fourth-order valence-corrected chi connectivity index (χ4v) is 3.42. The second-order valence-corrected chi connectivity index (χ2v) is 7.81. The highest BCUT2D eigenvalue weighted by Gasteiger charge is 2.22. The zero-order valence-corrected chi connectivity index (χ0v) is 18.8. The second kappa shape index (κ2) is 18.8. The molecule has 0 aromatic carbocycles. The molecule has 0 spiro atoms. The quantitative estimate of drug-likeness (QED) is 0.132. The maximum Gasteiger partial charge on any atom is 0.271 e. The van der Waals surface area contributed by atoms with Crippen molar-refractivity contribution in [2.45, 2.75) is 104 Å². The molecule has 0 saturated carbocycles. The van der Waals surface area contributed by atoms with E-state index in [1.807, 2.05) is 13.8 Å². The molecule has 0 radical (unpaired) electrons. The van der Waals surface area contributed by atoms with Crippen LogP contribution in [-0.4, -0.2) is 52.2 Å². The first-order chi connectivity index (χ1) is 13.8. The molecule has 1 aliphatic heterocycles. The minimum absolute atomic E-state index is 0.367. The molecule has 0 amide bonds. The highest BCUT2D eigenvalue weighted by Crippen LogP contribution is 2.21. The Morgan fingerprint density at radius 2 is 1.39 bits per heavy atom. The van der Waals surface area contributed by atoms with Crippen molar-refractivity contribution in [3.8, 4) is 0 Å². The van der Waals surface area contributed by atoms with Crippen molar-refractivity contribution in [2.24, 2.45) is 5.92 Å². The summed E-state index contributed by atoms with van der Waals surface area (Å²) in [5, 5.41) is 0. The van der Waals surface area contributed by atoms with Crippen LogP contribution in [0, 0.1) is 5.92 Å². The summed E-state index contributed by atoms with van der Waals surface area (Å²) in [6.07, 6.45) is 14.6. The Hall–Kier alpha value is -0.200. The molecule has 5 nitrogen and oxygen atoms in total. The normalized spacial score (nSPS) is 17.4. The first-order valence-electron chi connectivity index (χ1n) is 11.8. The molecule has 5 heteroatoms. The minimum atomic E-state index is -0.518. The standard InChI is InChI=1S/C23H46O5/c1-4-7-8-9-10-11-12-14-21(15-13-17-24-19-22-20-28-22)16-18-27-23(25-5-2)26-6-3/h21-23H,4-20H2,1-3H3. The molecule has 1 fully saturated rings. The van der Waals surface area contributed by atoms with Crippen molar-refractivity contribution in [1.82, 2.24) is 0 Å². The summed E-state index contributed by atoms with van der Waals surface area (Å²) < 4.78 is 27.6. The summed E-state index contributed by atoms with van der Waals surface area (Å²) in [4.78, 5) is 0. The molecule has 1 heterocycles. The predicted molar refractivity (Wildman–Crippen MR) is 114 cm³/mol. The Morgan fingerprint density at radius 1 is 0.750 bits per heavy atom. The van der Waals surface area contributed by atoms with Crippen molar-refractivity contribution in [3.05, 3.63) is 0 Å². The molecular formula is C23H46O5. The molecule has 0 aromatic rings. The average molecular weight is 403 g/mol. The Bertz CT molecular complexity index is 316. The molecule has 0 aromatic heterocycles. The highest BCUT2D eigenvalue weighted by molar-refractivity contribution is 4.67. The number of ether oxygens (including phenoxy) is 5.